The molecule has 2 aromatic carbocycles. The number of hydrogen-bond donors (Lipinski definition) is 0. The minimum Gasteiger partial charge on any atom is -0.382 e. The molecule has 2 aromatic rings. The van der Waals surface area contributed by atoms with Crippen molar-refractivity contribution < 1.29 is 22.3 Å². The van der Waals surface area contributed by atoms with E-state index in [0.717, 1.165) is 6.07 Å². The number of halogens is 1. The van der Waals surface area contributed by atoms with E-state index in [1.807, 2.05) is 13.8 Å². The summed E-state index contributed by atoms with van der Waals surface area (Å²) in [6.07, 6.45) is 0. The first-order valence-corrected chi connectivity index (χ1v) is 10.8. The van der Waals surface area contributed by atoms with Crippen molar-refractivity contribution in [1.29, 1.82) is 0 Å². The van der Waals surface area contributed by atoms with Crippen molar-refractivity contribution >= 4 is 33.3 Å². The average molecular weight is 441 g/mol. The molecule has 0 saturated carbocycles. The third kappa shape index (κ3) is 5.91. The fourth-order valence-corrected chi connectivity index (χ4v) is 3.30. The summed E-state index contributed by atoms with van der Waals surface area (Å²) in [4.78, 5) is 24.8. The monoisotopic (exact) mass is 440 g/mol. The number of nitrogens with zero attached hydrogens (tertiary/aromatic N) is 2. The lowest BCUT2D eigenvalue weighted by molar-refractivity contribution is -0.384. The molecule has 0 N–H and O–H groups in total. The molecular weight excluding hydrogens is 420 g/mol. The molecule has 0 saturated heterocycles. The quantitative estimate of drug-likeness (QED) is 0.348. The molecule has 29 heavy (non-hydrogen) atoms. The summed E-state index contributed by atoms with van der Waals surface area (Å²) < 4.78 is 28.4. The van der Waals surface area contributed by atoms with Crippen LogP contribution in [0.1, 0.15) is 36.7 Å². The minimum atomic E-state index is -3.66. The Kier molecular flexibility index (Phi) is 7.21. The third-order valence-corrected chi connectivity index (χ3v) is 5.57. The SMILES string of the molecule is CCS(=O)(=O)Oc1cccc(CN(C(=O)c2ccc([N+](=O)[O-])cc2Cl)C(C)C)c1. The molecule has 1 amide bonds. The van der Waals surface area contributed by atoms with Crippen LogP contribution in [0.3, 0.4) is 0 Å². The molecule has 0 heterocycles. The summed E-state index contributed by atoms with van der Waals surface area (Å²) in [6.45, 7) is 5.29. The van der Waals surface area contributed by atoms with Crippen LogP contribution in [-0.4, -0.2) is 35.9 Å². The number of rotatable bonds is 8. The predicted octanol–water partition coefficient (Wildman–Crippen LogP) is 4.03. The highest BCUT2D eigenvalue weighted by Gasteiger charge is 2.23. The van der Waals surface area contributed by atoms with Crippen molar-refractivity contribution in [1.82, 2.24) is 4.90 Å². The largest absolute Gasteiger partial charge is 0.382 e. The molecule has 0 bridgehead atoms. The van der Waals surface area contributed by atoms with Gasteiger partial charge in [-0.15, -0.1) is 0 Å². The highest BCUT2D eigenvalue weighted by molar-refractivity contribution is 7.87. The van der Waals surface area contributed by atoms with Gasteiger partial charge in [0, 0.05) is 24.7 Å². The van der Waals surface area contributed by atoms with Gasteiger partial charge in [0.1, 0.15) is 5.75 Å². The normalized spacial score (nSPS) is 11.3. The van der Waals surface area contributed by atoms with Gasteiger partial charge in [-0.1, -0.05) is 23.7 Å². The lowest BCUT2D eigenvalue weighted by atomic mass is 10.1. The van der Waals surface area contributed by atoms with Crippen LogP contribution in [0.15, 0.2) is 42.5 Å². The first-order chi connectivity index (χ1) is 13.5. The third-order valence-electron chi connectivity index (χ3n) is 4.11. The lowest BCUT2D eigenvalue weighted by Gasteiger charge is -2.27. The molecule has 10 heteroatoms. The van der Waals surface area contributed by atoms with E-state index in [1.54, 1.807) is 18.2 Å². The van der Waals surface area contributed by atoms with Gasteiger partial charge in [0.15, 0.2) is 0 Å². The fourth-order valence-electron chi connectivity index (χ4n) is 2.53. The lowest BCUT2D eigenvalue weighted by Crippen LogP contribution is -2.36. The zero-order valence-electron chi connectivity index (χ0n) is 16.2. The van der Waals surface area contributed by atoms with Crippen molar-refractivity contribution in [3.05, 3.63) is 68.7 Å². The number of benzene rings is 2. The molecule has 0 aromatic heterocycles. The molecule has 0 aliphatic rings. The molecular formula is C19H21ClN2O6S. The van der Waals surface area contributed by atoms with Crippen molar-refractivity contribution in [3.63, 3.8) is 0 Å². The Morgan fingerprint density at radius 2 is 1.93 bits per heavy atom. The summed E-state index contributed by atoms with van der Waals surface area (Å²) >= 11 is 6.10. The first kappa shape index (κ1) is 22.6. The van der Waals surface area contributed by atoms with Crippen LogP contribution in [0.2, 0.25) is 5.02 Å². The van der Waals surface area contributed by atoms with Crippen molar-refractivity contribution in [3.8, 4) is 5.75 Å². The maximum Gasteiger partial charge on any atom is 0.308 e. The maximum absolute atomic E-state index is 13.0. The van der Waals surface area contributed by atoms with Gasteiger partial charge in [-0.25, -0.2) is 0 Å². The molecule has 0 radical (unpaired) electrons. The van der Waals surface area contributed by atoms with E-state index in [-0.39, 0.29) is 40.4 Å². The number of nitro groups is 1. The number of hydrogen-bond acceptors (Lipinski definition) is 6. The maximum atomic E-state index is 13.0. The van der Waals surface area contributed by atoms with Gasteiger partial charge in [0.25, 0.3) is 11.6 Å². The van der Waals surface area contributed by atoms with Gasteiger partial charge in [-0.3, -0.25) is 14.9 Å². The van der Waals surface area contributed by atoms with Crippen LogP contribution in [0, 0.1) is 10.1 Å². The van der Waals surface area contributed by atoms with Crippen LogP contribution in [0.25, 0.3) is 0 Å². The van der Waals surface area contributed by atoms with Crippen LogP contribution in [0.5, 0.6) is 5.75 Å². The van der Waals surface area contributed by atoms with Crippen LogP contribution < -0.4 is 4.18 Å². The molecule has 0 aliphatic heterocycles. The molecule has 0 atom stereocenters. The highest BCUT2D eigenvalue weighted by atomic mass is 35.5. The highest BCUT2D eigenvalue weighted by Crippen LogP contribution is 2.25. The number of carbonyl (C=O) groups is 1. The van der Waals surface area contributed by atoms with Crippen LogP contribution >= 0.6 is 11.6 Å². The van der Waals surface area contributed by atoms with Crippen LogP contribution in [-0.2, 0) is 16.7 Å². The Labute approximate surface area is 174 Å². The van der Waals surface area contributed by atoms with E-state index in [1.165, 1.54) is 30.0 Å². The van der Waals surface area contributed by atoms with E-state index in [9.17, 15) is 23.3 Å². The molecule has 2 rings (SSSR count). The molecule has 0 unspecified atom stereocenters. The second kappa shape index (κ2) is 9.23. The molecule has 0 spiro atoms. The summed E-state index contributed by atoms with van der Waals surface area (Å²) in [5.74, 6) is -0.395. The Hall–Kier alpha value is -2.65. The number of amides is 1. The van der Waals surface area contributed by atoms with Gasteiger partial charge in [0.05, 0.1) is 21.3 Å². The van der Waals surface area contributed by atoms with Gasteiger partial charge in [0.2, 0.25) is 0 Å². The molecule has 8 nitrogen and oxygen atoms in total. The summed E-state index contributed by atoms with van der Waals surface area (Å²) in [5, 5.41) is 10.9. The zero-order valence-corrected chi connectivity index (χ0v) is 17.7. The van der Waals surface area contributed by atoms with Crippen molar-refractivity contribution in [2.45, 2.75) is 33.4 Å². The van der Waals surface area contributed by atoms with Crippen LogP contribution in [0.4, 0.5) is 5.69 Å². The van der Waals surface area contributed by atoms with Gasteiger partial charge >= 0.3 is 10.1 Å². The van der Waals surface area contributed by atoms with Crippen molar-refractivity contribution in [2.24, 2.45) is 0 Å². The fraction of sp³-hybridized carbons (Fsp3) is 0.316. The van der Waals surface area contributed by atoms with E-state index in [2.05, 4.69) is 0 Å². The number of carbonyl (C=O) groups excluding carboxylic acids is 1. The Morgan fingerprint density at radius 1 is 1.24 bits per heavy atom. The summed E-state index contributed by atoms with van der Waals surface area (Å²) in [5.41, 5.74) is 0.602. The zero-order chi connectivity index (χ0) is 21.8. The summed E-state index contributed by atoms with van der Waals surface area (Å²) in [7, 11) is -3.66. The van der Waals surface area contributed by atoms with Gasteiger partial charge in [-0.05, 0) is 44.5 Å². The van der Waals surface area contributed by atoms with Gasteiger partial charge in [-0.2, -0.15) is 8.42 Å². The molecule has 156 valence electrons. The average Bonchev–Trinajstić information content (AvgIpc) is 2.65. The Bertz CT molecular complexity index is 1020. The van der Waals surface area contributed by atoms with Gasteiger partial charge < -0.3 is 9.08 Å². The predicted molar refractivity (Wildman–Crippen MR) is 110 cm³/mol. The first-order valence-electron chi connectivity index (χ1n) is 8.80. The summed E-state index contributed by atoms with van der Waals surface area (Å²) in [6, 6.07) is 9.92. The molecule has 0 aliphatic carbocycles. The molecule has 0 fully saturated rings. The smallest absolute Gasteiger partial charge is 0.308 e. The Balaban J connectivity index is 2.29. The van der Waals surface area contributed by atoms with E-state index in [0.29, 0.717) is 5.56 Å². The standard InChI is InChI=1S/C19H21ClN2O6S/c1-4-29(26,27)28-16-7-5-6-14(10-16)12-21(13(2)3)19(23)17-9-8-15(22(24)25)11-18(17)20/h5-11,13H,4,12H2,1-3H3. The number of non-ortho nitro benzene ring substituents is 1. The second-order valence-electron chi connectivity index (χ2n) is 6.53. The minimum absolute atomic E-state index is 0.0130. The van der Waals surface area contributed by atoms with E-state index in [4.69, 9.17) is 15.8 Å². The topological polar surface area (TPSA) is 107 Å². The van der Waals surface area contributed by atoms with Crippen molar-refractivity contribution in [2.75, 3.05) is 5.75 Å². The van der Waals surface area contributed by atoms with E-state index < -0.39 is 20.9 Å². The number of nitro benzene ring substituents is 1. The second-order valence-corrected chi connectivity index (χ2v) is 8.79. The Morgan fingerprint density at radius 3 is 2.48 bits per heavy atom. The van der Waals surface area contributed by atoms with E-state index >= 15 is 0 Å².